The summed E-state index contributed by atoms with van der Waals surface area (Å²) in [6.45, 7) is 0.475. The molecule has 1 aromatic heterocycles. The monoisotopic (exact) mass is 252 g/mol. The first-order valence-electron chi connectivity index (χ1n) is 6.21. The largest absolute Gasteiger partial charge is 0.481 e. The van der Waals surface area contributed by atoms with E-state index in [1.165, 1.54) is 0 Å². The zero-order chi connectivity index (χ0) is 13.2. The molecule has 0 aliphatic heterocycles. The van der Waals surface area contributed by atoms with Crippen molar-refractivity contribution in [1.82, 2.24) is 15.1 Å². The van der Waals surface area contributed by atoms with Gasteiger partial charge in [-0.05, 0) is 12.8 Å². The quantitative estimate of drug-likeness (QED) is 0.814. The molecule has 18 heavy (non-hydrogen) atoms. The Labute approximate surface area is 106 Å². The molecule has 0 saturated heterocycles. The lowest BCUT2D eigenvalue weighted by atomic mass is 9.97. The number of carbonyl (C=O) groups excluding carboxylic acids is 1. The lowest BCUT2D eigenvalue weighted by molar-refractivity contribution is 0.0897. The standard InChI is InChI=1S/C12H20N4O2/c1-16-10(18-2)7-9(15-16)11(17)14-12(8-13)5-3-4-6-12/h7H,3-6,8,13H2,1-2H3,(H,14,17). The molecule has 100 valence electrons. The Morgan fingerprint density at radius 2 is 2.28 bits per heavy atom. The molecular formula is C12H20N4O2. The zero-order valence-electron chi connectivity index (χ0n) is 10.9. The smallest absolute Gasteiger partial charge is 0.272 e. The molecule has 3 N–H and O–H groups in total. The number of carbonyl (C=O) groups is 1. The minimum atomic E-state index is -0.248. The van der Waals surface area contributed by atoms with E-state index in [2.05, 4.69) is 10.4 Å². The van der Waals surface area contributed by atoms with Crippen LogP contribution >= 0.6 is 0 Å². The summed E-state index contributed by atoms with van der Waals surface area (Å²) in [5.74, 6) is 0.384. The minimum absolute atomic E-state index is 0.179. The normalized spacial score (nSPS) is 17.7. The molecule has 0 unspecified atom stereocenters. The lowest BCUT2D eigenvalue weighted by Crippen LogP contribution is -2.51. The Balaban J connectivity index is 2.11. The van der Waals surface area contributed by atoms with Crippen LogP contribution in [-0.4, -0.2) is 34.9 Å². The summed E-state index contributed by atoms with van der Waals surface area (Å²) >= 11 is 0. The second-order valence-electron chi connectivity index (χ2n) is 4.84. The number of ether oxygens (including phenoxy) is 1. The van der Waals surface area contributed by atoms with Crippen molar-refractivity contribution in [3.8, 4) is 5.88 Å². The van der Waals surface area contributed by atoms with E-state index in [4.69, 9.17) is 10.5 Å². The van der Waals surface area contributed by atoms with Crippen LogP contribution in [0.1, 0.15) is 36.2 Å². The second kappa shape index (κ2) is 4.97. The summed E-state index contributed by atoms with van der Waals surface area (Å²) in [5.41, 5.74) is 5.91. The molecule has 0 bridgehead atoms. The van der Waals surface area contributed by atoms with Gasteiger partial charge in [0.25, 0.3) is 5.91 Å². The Kier molecular flexibility index (Phi) is 3.56. The van der Waals surface area contributed by atoms with Crippen molar-refractivity contribution in [1.29, 1.82) is 0 Å². The molecule has 6 heteroatoms. The molecule has 0 spiro atoms. The fraction of sp³-hybridized carbons (Fsp3) is 0.667. The van der Waals surface area contributed by atoms with Crippen molar-refractivity contribution >= 4 is 5.91 Å². The van der Waals surface area contributed by atoms with Crippen molar-refractivity contribution in [3.05, 3.63) is 11.8 Å². The first-order chi connectivity index (χ1) is 8.60. The van der Waals surface area contributed by atoms with Gasteiger partial charge >= 0.3 is 0 Å². The number of aromatic nitrogens is 2. The highest BCUT2D eigenvalue weighted by Crippen LogP contribution is 2.29. The maximum atomic E-state index is 12.1. The Bertz CT molecular complexity index is 435. The van der Waals surface area contributed by atoms with Gasteiger partial charge in [-0.1, -0.05) is 12.8 Å². The van der Waals surface area contributed by atoms with Gasteiger partial charge in [-0.3, -0.25) is 4.79 Å². The highest BCUT2D eigenvalue weighted by atomic mass is 16.5. The van der Waals surface area contributed by atoms with Gasteiger partial charge in [0.2, 0.25) is 5.88 Å². The molecule has 0 aromatic carbocycles. The Morgan fingerprint density at radius 3 is 2.78 bits per heavy atom. The molecule has 1 fully saturated rings. The third-order valence-electron chi connectivity index (χ3n) is 3.61. The van der Waals surface area contributed by atoms with Crippen LogP contribution in [0.2, 0.25) is 0 Å². The highest BCUT2D eigenvalue weighted by Gasteiger charge is 2.34. The molecule has 1 aliphatic carbocycles. The van der Waals surface area contributed by atoms with Crippen LogP contribution in [0.15, 0.2) is 6.07 Å². The van der Waals surface area contributed by atoms with Crippen LogP contribution < -0.4 is 15.8 Å². The molecule has 2 rings (SSSR count). The van der Waals surface area contributed by atoms with Crippen LogP contribution in [0.4, 0.5) is 0 Å². The van der Waals surface area contributed by atoms with Gasteiger partial charge in [0.1, 0.15) is 0 Å². The van der Waals surface area contributed by atoms with Gasteiger partial charge in [0.05, 0.1) is 12.6 Å². The van der Waals surface area contributed by atoms with Crippen LogP contribution in [0.5, 0.6) is 5.88 Å². The number of nitrogens with two attached hydrogens (primary N) is 1. The summed E-state index contributed by atoms with van der Waals surface area (Å²) < 4.78 is 6.63. The number of methoxy groups -OCH3 is 1. The van der Waals surface area contributed by atoms with Crippen molar-refractivity contribution in [2.45, 2.75) is 31.2 Å². The van der Waals surface area contributed by atoms with Crippen molar-refractivity contribution in [2.24, 2.45) is 12.8 Å². The van der Waals surface area contributed by atoms with Gasteiger partial charge in [0, 0.05) is 19.7 Å². The van der Waals surface area contributed by atoms with Gasteiger partial charge in [0.15, 0.2) is 5.69 Å². The average molecular weight is 252 g/mol. The SMILES string of the molecule is COc1cc(C(=O)NC2(CN)CCCC2)nn1C. The lowest BCUT2D eigenvalue weighted by Gasteiger charge is -2.28. The molecule has 0 atom stereocenters. The predicted molar refractivity (Wildman–Crippen MR) is 67.5 cm³/mol. The molecule has 1 saturated carbocycles. The number of hydrogen-bond acceptors (Lipinski definition) is 4. The number of nitrogens with zero attached hydrogens (tertiary/aromatic N) is 2. The van der Waals surface area contributed by atoms with Gasteiger partial charge in [-0.2, -0.15) is 5.10 Å². The molecule has 0 radical (unpaired) electrons. The van der Waals surface area contributed by atoms with E-state index in [0.29, 0.717) is 18.1 Å². The molecule has 1 heterocycles. The molecular weight excluding hydrogens is 232 g/mol. The predicted octanol–water partition coefficient (Wildman–Crippen LogP) is 0.430. The van der Waals surface area contributed by atoms with Gasteiger partial charge < -0.3 is 15.8 Å². The molecule has 1 amide bonds. The van der Waals surface area contributed by atoms with E-state index in [1.54, 1.807) is 24.9 Å². The summed E-state index contributed by atoms with van der Waals surface area (Å²) in [7, 11) is 3.29. The van der Waals surface area contributed by atoms with E-state index in [1.807, 2.05) is 0 Å². The van der Waals surface area contributed by atoms with E-state index < -0.39 is 0 Å². The maximum absolute atomic E-state index is 12.1. The first kappa shape index (κ1) is 12.9. The van der Waals surface area contributed by atoms with Gasteiger partial charge in [-0.15, -0.1) is 0 Å². The summed E-state index contributed by atoms with van der Waals surface area (Å²) in [6.07, 6.45) is 4.12. The molecule has 1 aromatic rings. The molecule has 6 nitrogen and oxygen atoms in total. The number of rotatable bonds is 4. The maximum Gasteiger partial charge on any atom is 0.272 e. The van der Waals surface area contributed by atoms with Crippen LogP contribution in [0.25, 0.3) is 0 Å². The third kappa shape index (κ3) is 2.33. The van der Waals surface area contributed by atoms with E-state index in [0.717, 1.165) is 25.7 Å². The van der Waals surface area contributed by atoms with Crippen molar-refractivity contribution in [2.75, 3.05) is 13.7 Å². The number of nitrogens with one attached hydrogen (secondary N) is 1. The number of amides is 1. The van der Waals surface area contributed by atoms with Crippen LogP contribution in [0.3, 0.4) is 0 Å². The van der Waals surface area contributed by atoms with Crippen LogP contribution in [0, 0.1) is 0 Å². The van der Waals surface area contributed by atoms with E-state index in [-0.39, 0.29) is 11.4 Å². The minimum Gasteiger partial charge on any atom is -0.481 e. The summed E-state index contributed by atoms with van der Waals surface area (Å²) in [4.78, 5) is 12.1. The summed E-state index contributed by atoms with van der Waals surface area (Å²) in [5, 5.41) is 7.16. The third-order valence-corrected chi connectivity index (χ3v) is 3.61. The van der Waals surface area contributed by atoms with Gasteiger partial charge in [-0.25, -0.2) is 4.68 Å². The summed E-state index contributed by atoms with van der Waals surface area (Å²) in [6, 6.07) is 1.63. The topological polar surface area (TPSA) is 82.2 Å². The van der Waals surface area contributed by atoms with Crippen LogP contribution in [-0.2, 0) is 7.05 Å². The molecule has 1 aliphatic rings. The average Bonchev–Trinajstić information content (AvgIpc) is 2.96. The number of hydrogen-bond donors (Lipinski definition) is 2. The first-order valence-corrected chi connectivity index (χ1v) is 6.21. The zero-order valence-corrected chi connectivity index (χ0v) is 10.9. The second-order valence-corrected chi connectivity index (χ2v) is 4.84. The fourth-order valence-corrected chi connectivity index (χ4v) is 2.49. The fourth-order valence-electron chi connectivity index (χ4n) is 2.49. The van der Waals surface area contributed by atoms with E-state index in [9.17, 15) is 4.79 Å². The highest BCUT2D eigenvalue weighted by molar-refractivity contribution is 5.93. The Morgan fingerprint density at radius 1 is 1.61 bits per heavy atom. The Hall–Kier alpha value is -1.56. The van der Waals surface area contributed by atoms with Crippen molar-refractivity contribution < 1.29 is 9.53 Å². The number of aryl methyl sites for hydroxylation is 1. The van der Waals surface area contributed by atoms with Crippen molar-refractivity contribution in [3.63, 3.8) is 0 Å². The van der Waals surface area contributed by atoms with E-state index >= 15 is 0 Å².